The van der Waals surface area contributed by atoms with Crippen LogP contribution in [0, 0.1) is 12.7 Å². The fourth-order valence-corrected chi connectivity index (χ4v) is 4.57. The van der Waals surface area contributed by atoms with E-state index < -0.39 is 10.0 Å². The van der Waals surface area contributed by atoms with E-state index >= 15 is 0 Å². The lowest BCUT2D eigenvalue weighted by Crippen LogP contribution is -2.14. The van der Waals surface area contributed by atoms with E-state index in [1.54, 1.807) is 59.4 Å². The Bertz CT molecular complexity index is 1330. The van der Waals surface area contributed by atoms with E-state index in [0.29, 0.717) is 22.6 Å². The van der Waals surface area contributed by atoms with Gasteiger partial charge in [-0.25, -0.2) is 17.8 Å². The number of anilines is 1. The summed E-state index contributed by atoms with van der Waals surface area (Å²) in [6.07, 6.45) is 3.51. The SMILES string of the molecule is COc1cc(NS(=O)(=O)c2ccccc2-c2ccc(F)cc2)ccc1-n1cnc(C)c1. The zero-order valence-corrected chi connectivity index (χ0v) is 17.7. The van der Waals surface area contributed by atoms with Crippen LogP contribution in [0.5, 0.6) is 5.75 Å². The summed E-state index contributed by atoms with van der Waals surface area (Å²) in [5, 5.41) is 0. The number of imidazole rings is 1. The first kappa shape index (κ1) is 20.6. The van der Waals surface area contributed by atoms with Crippen molar-refractivity contribution in [1.29, 1.82) is 0 Å². The Balaban J connectivity index is 1.69. The zero-order chi connectivity index (χ0) is 22.0. The second-order valence-corrected chi connectivity index (χ2v) is 8.57. The van der Waals surface area contributed by atoms with E-state index in [1.165, 1.54) is 25.3 Å². The molecular formula is C23H20FN3O3S. The molecule has 0 amide bonds. The number of rotatable bonds is 6. The van der Waals surface area contributed by atoms with Crippen molar-refractivity contribution in [3.05, 3.63) is 90.8 Å². The van der Waals surface area contributed by atoms with E-state index in [1.807, 2.05) is 13.1 Å². The van der Waals surface area contributed by atoms with Gasteiger partial charge in [0, 0.05) is 17.8 Å². The topological polar surface area (TPSA) is 73.2 Å². The van der Waals surface area contributed by atoms with Gasteiger partial charge in [0.15, 0.2) is 0 Å². The molecule has 8 heteroatoms. The summed E-state index contributed by atoms with van der Waals surface area (Å²) in [5.41, 5.74) is 3.02. The van der Waals surface area contributed by atoms with E-state index in [9.17, 15) is 12.8 Å². The van der Waals surface area contributed by atoms with Gasteiger partial charge in [0.25, 0.3) is 10.0 Å². The Morgan fingerprint density at radius 3 is 2.45 bits per heavy atom. The molecule has 0 aliphatic heterocycles. The molecule has 0 fully saturated rings. The number of hydrogen-bond donors (Lipinski definition) is 1. The van der Waals surface area contributed by atoms with Crippen molar-refractivity contribution in [2.75, 3.05) is 11.8 Å². The maximum atomic E-state index is 13.3. The molecule has 4 aromatic rings. The first-order valence-electron chi connectivity index (χ1n) is 9.44. The first-order valence-corrected chi connectivity index (χ1v) is 10.9. The highest BCUT2D eigenvalue weighted by atomic mass is 32.2. The van der Waals surface area contributed by atoms with Crippen LogP contribution in [0.2, 0.25) is 0 Å². The van der Waals surface area contributed by atoms with Crippen molar-refractivity contribution in [3.63, 3.8) is 0 Å². The fraction of sp³-hybridized carbons (Fsp3) is 0.0870. The summed E-state index contributed by atoms with van der Waals surface area (Å²) in [5.74, 6) is 0.104. The second-order valence-electron chi connectivity index (χ2n) is 6.92. The number of nitrogens with zero attached hydrogens (tertiary/aromatic N) is 2. The van der Waals surface area contributed by atoms with Gasteiger partial charge < -0.3 is 9.30 Å². The number of ether oxygens (including phenoxy) is 1. The van der Waals surface area contributed by atoms with Crippen molar-refractivity contribution in [2.24, 2.45) is 0 Å². The summed E-state index contributed by atoms with van der Waals surface area (Å²) < 4.78 is 49.5. The highest BCUT2D eigenvalue weighted by molar-refractivity contribution is 7.92. The predicted octanol–water partition coefficient (Wildman–Crippen LogP) is 4.80. The minimum absolute atomic E-state index is 0.0925. The molecule has 0 aliphatic rings. The Kier molecular flexibility index (Phi) is 5.48. The predicted molar refractivity (Wildman–Crippen MR) is 117 cm³/mol. The summed E-state index contributed by atoms with van der Waals surface area (Å²) in [6, 6.07) is 17.3. The number of benzene rings is 3. The van der Waals surface area contributed by atoms with E-state index in [0.717, 1.165) is 11.4 Å². The van der Waals surface area contributed by atoms with E-state index in [4.69, 9.17) is 4.74 Å². The number of nitrogens with one attached hydrogen (secondary N) is 1. The number of aromatic nitrogens is 2. The average Bonchev–Trinajstić information content (AvgIpc) is 3.20. The van der Waals surface area contributed by atoms with Crippen LogP contribution < -0.4 is 9.46 Å². The zero-order valence-electron chi connectivity index (χ0n) is 16.9. The lowest BCUT2D eigenvalue weighted by Gasteiger charge is -2.15. The van der Waals surface area contributed by atoms with Crippen molar-refractivity contribution in [3.8, 4) is 22.6 Å². The molecule has 4 rings (SSSR count). The maximum absolute atomic E-state index is 13.3. The molecule has 0 bridgehead atoms. The maximum Gasteiger partial charge on any atom is 0.262 e. The number of halogens is 1. The van der Waals surface area contributed by atoms with Crippen LogP contribution in [0.4, 0.5) is 10.1 Å². The Hall–Kier alpha value is -3.65. The monoisotopic (exact) mass is 437 g/mol. The second kappa shape index (κ2) is 8.23. The van der Waals surface area contributed by atoms with Crippen molar-refractivity contribution in [2.45, 2.75) is 11.8 Å². The minimum atomic E-state index is -3.92. The van der Waals surface area contributed by atoms with Crippen molar-refractivity contribution < 1.29 is 17.5 Å². The van der Waals surface area contributed by atoms with Gasteiger partial charge in [0.2, 0.25) is 0 Å². The van der Waals surface area contributed by atoms with E-state index in [-0.39, 0.29) is 10.7 Å². The third-order valence-corrected chi connectivity index (χ3v) is 6.19. The molecule has 31 heavy (non-hydrogen) atoms. The summed E-state index contributed by atoms with van der Waals surface area (Å²) in [4.78, 5) is 4.30. The van der Waals surface area contributed by atoms with E-state index in [2.05, 4.69) is 9.71 Å². The average molecular weight is 437 g/mol. The Morgan fingerprint density at radius 1 is 1.03 bits per heavy atom. The quantitative estimate of drug-likeness (QED) is 0.470. The third-order valence-electron chi connectivity index (χ3n) is 4.75. The smallest absolute Gasteiger partial charge is 0.262 e. The fourth-order valence-electron chi connectivity index (χ4n) is 3.29. The van der Waals surface area contributed by atoms with Gasteiger partial charge in [0.1, 0.15) is 11.6 Å². The number of hydrogen-bond acceptors (Lipinski definition) is 4. The summed E-state index contributed by atoms with van der Waals surface area (Å²) in [7, 11) is -2.40. The molecule has 1 N–H and O–H groups in total. The standard InChI is InChI=1S/C23H20FN3O3S/c1-16-14-27(15-25-16)21-12-11-19(13-22(21)30-2)26-31(28,29)23-6-4-3-5-20(23)17-7-9-18(24)10-8-17/h3-15,26H,1-2H3. The molecule has 0 radical (unpaired) electrons. The Morgan fingerprint density at radius 2 is 1.77 bits per heavy atom. The molecule has 3 aromatic carbocycles. The van der Waals surface area contributed by atoms with Crippen LogP contribution >= 0.6 is 0 Å². The van der Waals surface area contributed by atoms with Gasteiger partial charge in [-0.1, -0.05) is 30.3 Å². The van der Waals surface area contributed by atoms with Gasteiger partial charge in [-0.15, -0.1) is 0 Å². The van der Waals surface area contributed by atoms with Gasteiger partial charge in [-0.2, -0.15) is 0 Å². The van der Waals surface area contributed by atoms with Crippen LogP contribution in [-0.4, -0.2) is 25.1 Å². The summed E-state index contributed by atoms with van der Waals surface area (Å²) >= 11 is 0. The molecule has 0 unspecified atom stereocenters. The number of methoxy groups -OCH3 is 1. The van der Waals surface area contributed by atoms with Crippen molar-refractivity contribution >= 4 is 15.7 Å². The Labute approximate surface area is 180 Å². The highest BCUT2D eigenvalue weighted by Crippen LogP contribution is 2.31. The highest BCUT2D eigenvalue weighted by Gasteiger charge is 2.20. The van der Waals surface area contributed by atoms with Crippen LogP contribution in [0.15, 0.2) is 84.1 Å². The number of sulfonamides is 1. The van der Waals surface area contributed by atoms with Gasteiger partial charge in [-0.3, -0.25) is 4.72 Å². The molecule has 0 spiro atoms. The van der Waals surface area contributed by atoms with Crippen LogP contribution in [0.3, 0.4) is 0 Å². The molecule has 0 saturated heterocycles. The molecule has 1 aromatic heterocycles. The molecule has 6 nitrogen and oxygen atoms in total. The van der Waals surface area contributed by atoms with Crippen molar-refractivity contribution in [1.82, 2.24) is 9.55 Å². The third kappa shape index (κ3) is 4.29. The lowest BCUT2D eigenvalue weighted by atomic mass is 10.1. The van der Waals surface area contributed by atoms with Crippen LogP contribution in [-0.2, 0) is 10.0 Å². The van der Waals surface area contributed by atoms with Crippen LogP contribution in [0.1, 0.15) is 5.69 Å². The van der Waals surface area contributed by atoms with Crippen LogP contribution in [0.25, 0.3) is 16.8 Å². The largest absolute Gasteiger partial charge is 0.494 e. The molecular weight excluding hydrogens is 417 g/mol. The minimum Gasteiger partial charge on any atom is -0.494 e. The molecule has 0 atom stereocenters. The first-order chi connectivity index (χ1) is 14.9. The lowest BCUT2D eigenvalue weighted by molar-refractivity contribution is 0.413. The van der Waals surface area contributed by atoms with Gasteiger partial charge in [-0.05, 0) is 42.8 Å². The molecule has 1 heterocycles. The normalized spacial score (nSPS) is 11.3. The van der Waals surface area contributed by atoms with Gasteiger partial charge in [0.05, 0.1) is 35.4 Å². The molecule has 158 valence electrons. The summed E-state index contributed by atoms with van der Waals surface area (Å²) in [6.45, 7) is 1.88. The number of aryl methyl sites for hydroxylation is 1. The van der Waals surface area contributed by atoms with Gasteiger partial charge >= 0.3 is 0 Å². The molecule has 0 aliphatic carbocycles. The molecule has 0 saturated carbocycles.